The van der Waals surface area contributed by atoms with Crippen molar-refractivity contribution >= 4 is 12.1 Å². The summed E-state index contributed by atoms with van der Waals surface area (Å²) in [4.78, 5) is 22.2. The summed E-state index contributed by atoms with van der Waals surface area (Å²) in [6.07, 6.45) is -0.465. The molecule has 1 amide bonds. The van der Waals surface area contributed by atoms with Gasteiger partial charge in [0.25, 0.3) is 0 Å². The van der Waals surface area contributed by atoms with Crippen molar-refractivity contribution < 1.29 is 24.5 Å². The fourth-order valence-electron chi connectivity index (χ4n) is 1.45. The highest BCUT2D eigenvalue weighted by Crippen LogP contribution is 2.02. The first-order valence-corrected chi connectivity index (χ1v) is 5.92. The number of carboxylic acids is 1. The van der Waals surface area contributed by atoms with E-state index in [2.05, 4.69) is 5.32 Å². The molecular weight excluding hydrogens is 250 g/mol. The van der Waals surface area contributed by atoms with Crippen molar-refractivity contribution in [2.45, 2.75) is 25.5 Å². The maximum Gasteiger partial charge on any atom is 0.407 e. The van der Waals surface area contributed by atoms with Crippen molar-refractivity contribution in [3.05, 3.63) is 35.9 Å². The number of amides is 1. The van der Waals surface area contributed by atoms with Gasteiger partial charge in [-0.15, -0.1) is 0 Å². The second-order valence-corrected chi connectivity index (χ2v) is 3.94. The molecule has 0 spiro atoms. The van der Waals surface area contributed by atoms with Gasteiger partial charge in [-0.05, 0) is 18.4 Å². The Hall–Kier alpha value is -2.08. The summed E-state index contributed by atoms with van der Waals surface area (Å²) in [5.41, 5.74) is 0.804. The standard InChI is InChI=1S/C13H17NO5/c15-8-4-7-11(12(16)17)14-13(18)19-9-10-5-2-1-3-6-10/h1-3,5-6,11,15H,4,7-9H2,(H,14,18)(H,16,17)/p-1. The molecule has 0 heterocycles. The number of nitrogens with one attached hydrogen (secondary N) is 1. The number of carbonyl (C=O) groups is 2. The van der Waals surface area contributed by atoms with Crippen LogP contribution in [-0.4, -0.2) is 29.8 Å². The number of hydrogen-bond donors (Lipinski definition) is 2. The largest absolute Gasteiger partial charge is 0.548 e. The molecule has 0 fully saturated rings. The van der Waals surface area contributed by atoms with Crippen molar-refractivity contribution in [3.63, 3.8) is 0 Å². The molecule has 19 heavy (non-hydrogen) atoms. The summed E-state index contributed by atoms with van der Waals surface area (Å²) in [7, 11) is 0. The summed E-state index contributed by atoms with van der Waals surface area (Å²) in [6.45, 7) is -0.0863. The Bertz CT molecular complexity index is 407. The molecule has 104 valence electrons. The number of carbonyl (C=O) groups excluding carboxylic acids is 2. The van der Waals surface area contributed by atoms with Gasteiger partial charge < -0.3 is 25.1 Å². The van der Waals surface area contributed by atoms with Gasteiger partial charge in [0.15, 0.2) is 0 Å². The molecular formula is C13H16NO5-. The lowest BCUT2D eigenvalue weighted by molar-refractivity contribution is -0.308. The minimum atomic E-state index is -1.40. The molecule has 0 aliphatic rings. The molecule has 2 N–H and O–H groups in total. The van der Waals surface area contributed by atoms with Gasteiger partial charge in [-0.1, -0.05) is 30.3 Å². The van der Waals surface area contributed by atoms with Crippen LogP contribution in [0, 0.1) is 0 Å². The van der Waals surface area contributed by atoms with Gasteiger partial charge in [-0.3, -0.25) is 0 Å². The van der Waals surface area contributed by atoms with Gasteiger partial charge in [0.05, 0.1) is 12.0 Å². The van der Waals surface area contributed by atoms with E-state index in [1.165, 1.54) is 0 Å². The van der Waals surface area contributed by atoms with E-state index in [0.29, 0.717) is 0 Å². The first-order valence-electron chi connectivity index (χ1n) is 5.92. The van der Waals surface area contributed by atoms with Gasteiger partial charge >= 0.3 is 6.09 Å². The summed E-state index contributed by atoms with van der Waals surface area (Å²) in [5.74, 6) is -1.40. The number of aliphatic hydroxyl groups is 1. The van der Waals surface area contributed by atoms with Crippen LogP contribution in [0.5, 0.6) is 0 Å². The van der Waals surface area contributed by atoms with Crippen LogP contribution in [0.2, 0.25) is 0 Å². The van der Waals surface area contributed by atoms with Gasteiger partial charge in [-0.2, -0.15) is 0 Å². The number of rotatable bonds is 7. The van der Waals surface area contributed by atoms with Crippen LogP contribution in [-0.2, 0) is 16.1 Å². The Morgan fingerprint density at radius 3 is 2.58 bits per heavy atom. The van der Waals surface area contributed by atoms with E-state index in [9.17, 15) is 14.7 Å². The predicted octanol–water partition coefficient (Wildman–Crippen LogP) is -0.196. The summed E-state index contributed by atoms with van der Waals surface area (Å²) in [6, 6.07) is 7.87. The Morgan fingerprint density at radius 1 is 1.32 bits per heavy atom. The first kappa shape index (κ1) is 15.0. The molecule has 1 aromatic carbocycles. The topological polar surface area (TPSA) is 98.7 Å². The first-order chi connectivity index (χ1) is 9.13. The molecule has 1 rings (SSSR count). The molecule has 0 bridgehead atoms. The highest BCUT2D eigenvalue weighted by atomic mass is 16.5. The second-order valence-electron chi connectivity index (χ2n) is 3.94. The van der Waals surface area contributed by atoms with Crippen LogP contribution in [0.1, 0.15) is 18.4 Å². The van der Waals surface area contributed by atoms with Gasteiger partial charge in [0.1, 0.15) is 6.61 Å². The second kappa shape index (κ2) is 8.10. The van der Waals surface area contributed by atoms with Crippen LogP contribution in [0.25, 0.3) is 0 Å². The molecule has 0 radical (unpaired) electrons. The van der Waals surface area contributed by atoms with Crippen LogP contribution in [0.4, 0.5) is 4.79 Å². The molecule has 0 aliphatic carbocycles. The minimum absolute atomic E-state index is 0.0619. The van der Waals surface area contributed by atoms with Gasteiger partial charge in [0.2, 0.25) is 0 Å². The number of benzene rings is 1. The predicted molar refractivity (Wildman–Crippen MR) is 64.9 cm³/mol. The molecule has 1 aromatic rings. The minimum Gasteiger partial charge on any atom is -0.548 e. The van der Waals surface area contributed by atoms with Crippen LogP contribution in [0.3, 0.4) is 0 Å². The van der Waals surface area contributed by atoms with E-state index in [-0.39, 0.29) is 26.1 Å². The van der Waals surface area contributed by atoms with Gasteiger partial charge in [-0.25, -0.2) is 4.79 Å². The molecule has 1 unspecified atom stereocenters. The van der Waals surface area contributed by atoms with Crippen LogP contribution >= 0.6 is 0 Å². The normalized spacial score (nSPS) is 11.6. The van der Waals surface area contributed by atoms with E-state index in [4.69, 9.17) is 9.84 Å². The Morgan fingerprint density at radius 2 is 2.00 bits per heavy atom. The SMILES string of the molecule is O=C(NC(CCCO)C(=O)[O-])OCc1ccccc1. The molecule has 0 saturated carbocycles. The average molecular weight is 266 g/mol. The number of aliphatic hydroxyl groups excluding tert-OH is 1. The third kappa shape index (κ3) is 5.87. The van der Waals surface area contributed by atoms with E-state index in [0.717, 1.165) is 5.56 Å². The Labute approximate surface area is 111 Å². The monoisotopic (exact) mass is 266 g/mol. The number of ether oxygens (including phenoxy) is 1. The number of alkyl carbamates (subject to hydrolysis) is 1. The van der Waals surface area contributed by atoms with Crippen molar-refractivity contribution in [1.29, 1.82) is 0 Å². The Kier molecular flexibility index (Phi) is 6.38. The van der Waals surface area contributed by atoms with Gasteiger partial charge in [0, 0.05) is 6.61 Å². The third-order valence-corrected chi connectivity index (χ3v) is 2.44. The molecule has 6 heteroatoms. The van der Waals surface area contributed by atoms with E-state index < -0.39 is 18.1 Å². The number of aliphatic carboxylic acids is 1. The maximum atomic E-state index is 11.4. The molecule has 6 nitrogen and oxygen atoms in total. The zero-order valence-corrected chi connectivity index (χ0v) is 10.4. The van der Waals surface area contributed by atoms with Crippen molar-refractivity contribution in [3.8, 4) is 0 Å². The van der Waals surface area contributed by atoms with E-state index >= 15 is 0 Å². The fourth-order valence-corrected chi connectivity index (χ4v) is 1.45. The number of hydrogen-bond acceptors (Lipinski definition) is 5. The lowest BCUT2D eigenvalue weighted by atomic mass is 10.1. The maximum absolute atomic E-state index is 11.4. The summed E-state index contributed by atoms with van der Waals surface area (Å²) < 4.78 is 4.89. The van der Waals surface area contributed by atoms with Crippen molar-refractivity contribution in [1.82, 2.24) is 5.32 Å². The quantitative estimate of drug-likeness (QED) is 0.712. The molecule has 0 saturated heterocycles. The van der Waals surface area contributed by atoms with Crippen molar-refractivity contribution in [2.24, 2.45) is 0 Å². The summed E-state index contributed by atoms with van der Waals surface area (Å²) in [5, 5.41) is 21.6. The molecule has 1 atom stereocenters. The van der Waals surface area contributed by atoms with Crippen molar-refractivity contribution in [2.75, 3.05) is 6.61 Å². The molecule has 0 aromatic heterocycles. The van der Waals surface area contributed by atoms with Crippen LogP contribution < -0.4 is 10.4 Å². The van der Waals surface area contributed by atoms with Crippen LogP contribution in [0.15, 0.2) is 30.3 Å². The highest BCUT2D eigenvalue weighted by Gasteiger charge is 2.13. The zero-order valence-electron chi connectivity index (χ0n) is 10.4. The number of carboxylic acid groups (broad SMARTS) is 1. The smallest absolute Gasteiger partial charge is 0.407 e. The summed E-state index contributed by atoms with van der Waals surface area (Å²) >= 11 is 0. The highest BCUT2D eigenvalue weighted by molar-refractivity contribution is 5.78. The lowest BCUT2D eigenvalue weighted by Crippen LogP contribution is -2.48. The fraction of sp³-hybridized carbons (Fsp3) is 0.385. The molecule has 0 aliphatic heterocycles. The lowest BCUT2D eigenvalue weighted by Gasteiger charge is -2.18. The van der Waals surface area contributed by atoms with E-state index in [1.807, 2.05) is 18.2 Å². The third-order valence-electron chi connectivity index (χ3n) is 2.44. The Balaban J connectivity index is 2.38. The average Bonchev–Trinajstić information content (AvgIpc) is 2.42. The van der Waals surface area contributed by atoms with E-state index in [1.54, 1.807) is 12.1 Å². The zero-order chi connectivity index (χ0) is 14.1.